The fourth-order valence-electron chi connectivity index (χ4n) is 3.15. The first-order valence-corrected chi connectivity index (χ1v) is 7.62. The van der Waals surface area contributed by atoms with Crippen LogP contribution in [0.1, 0.15) is 22.3 Å². The molecule has 24 heavy (non-hydrogen) atoms. The second-order valence-electron chi connectivity index (χ2n) is 5.62. The first-order chi connectivity index (χ1) is 11.7. The van der Waals surface area contributed by atoms with Crippen LogP contribution < -0.4 is 10.9 Å². The van der Waals surface area contributed by atoms with Crippen molar-refractivity contribution < 1.29 is 9.90 Å². The minimum atomic E-state index is -0.717. The summed E-state index contributed by atoms with van der Waals surface area (Å²) in [6.45, 7) is 0.523. The van der Waals surface area contributed by atoms with E-state index in [1.54, 1.807) is 16.7 Å². The van der Waals surface area contributed by atoms with Crippen molar-refractivity contribution in [1.82, 2.24) is 14.5 Å². The van der Waals surface area contributed by atoms with Crippen LogP contribution in [-0.4, -0.2) is 25.5 Å². The van der Waals surface area contributed by atoms with Crippen LogP contribution in [0, 0.1) is 0 Å². The normalized spacial score (nSPS) is 13.0. The molecule has 0 aliphatic carbocycles. The van der Waals surface area contributed by atoms with Gasteiger partial charge in [0.1, 0.15) is 11.3 Å². The molecule has 7 nitrogen and oxygen atoms in total. The highest BCUT2D eigenvalue weighted by Gasteiger charge is 2.25. The molecule has 2 N–H and O–H groups in total. The highest BCUT2D eigenvalue weighted by Crippen LogP contribution is 2.31. The van der Waals surface area contributed by atoms with Crippen LogP contribution in [0.25, 0.3) is 10.9 Å². The molecule has 1 aliphatic rings. The Labute approximate surface area is 136 Å². The number of hydrogen-bond acceptors (Lipinski definition) is 5. The molecule has 0 fully saturated rings. The molecule has 3 aromatic rings. The number of amides is 1. The van der Waals surface area contributed by atoms with Gasteiger partial charge in [-0.15, -0.1) is 0 Å². The Morgan fingerprint density at radius 3 is 2.79 bits per heavy atom. The maximum Gasteiger partial charge on any atom is 0.267 e. The van der Waals surface area contributed by atoms with Crippen LogP contribution in [-0.2, 0) is 13.0 Å². The van der Waals surface area contributed by atoms with Gasteiger partial charge in [-0.1, -0.05) is 12.1 Å². The Morgan fingerprint density at radius 1 is 1.21 bits per heavy atom. The van der Waals surface area contributed by atoms with Crippen molar-refractivity contribution in [3.05, 3.63) is 58.1 Å². The van der Waals surface area contributed by atoms with Gasteiger partial charge in [0.05, 0.1) is 5.52 Å². The minimum absolute atomic E-state index is 0.0776. The van der Waals surface area contributed by atoms with E-state index in [1.807, 2.05) is 12.1 Å². The largest absolute Gasteiger partial charge is 0.506 e. The zero-order chi connectivity index (χ0) is 16.7. The van der Waals surface area contributed by atoms with Crippen molar-refractivity contribution in [3.63, 3.8) is 0 Å². The molecule has 1 aliphatic heterocycles. The van der Waals surface area contributed by atoms with Crippen LogP contribution in [0.2, 0.25) is 0 Å². The number of carbonyl (C=O) groups excluding carboxylic acids is 1. The van der Waals surface area contributed by atoms with Crippen LogP contribution in [0.4, 0.5) is 5.95 Å². The summed E-state index contributed by atoms with van der Waals surface area (Å²) in [6.07, 6.45) is 4.62. The highest BCUT2D eigenvalue weighted by atomic mass is 16.3. The summed E-state index contributed by atoms with van der Waals surface area (Å²) in [4.78, 5) is 33.1. The lowest BCUT2D eigenvalue weighted by atomic mass is 9.99. The van der Waals surface area contributed by atoms with Crippen LogP contribution in [0.3, 0.4) is 0 Å². The van der Waals surface area contributed by atoms with Gasteiger partial charge in [0.25, 0.3) is 11.5 Å². The number of benzene rings is 1. The van der Waals surface area contributed by atoms with Crippen LogP contribution >= 0.6 is 0 Å². The van der Waals surface area contributed by atoms with E-state index in [-0.39, 0.29) is 17.3 Å². The molecular weight excluding hydrogens is 308 g/mol. The SMILES string of the molecule is O=C(Nc1ncccn1)c1c(O)c2cccc3c2n(c1=O)CCC3. The smallest absolute Gasteiger partial charge is 0.267 e. The zero-order valence-electron chi connectivity index (χ0n) is 12.7. The summed E-state index contributed by atoms with van der Waals surface area (Å²) in [5, 5.41) is 13.5. The lowest BCUT2D eigenvalue weighted by Gasteiger charge is -2.21. The predicted molar refractivity (Wildman–Crippen MR) is 88.2 cm³/mol. The average Bonchev–Trinajstić information content (AvgIpc) is 2.60. The summed E-state index contributed by atoms with van der Waals surface area (Å²) in [5.74, 6) is -0.942. The van der Waals surface area contributed by atoms with E-state index < -0.39 is 11.5 Å². The molecule has 1 amide bonds. The zero-order valence-corrected chi connectivity index (χ0v) is 12.7. The van der Waals surface area contributed by atoms with Crippen molar-refractivity contribution in [2.75, 3.05) is 5.32 Å². The van der Waals surface area contributed by atoms with E-state index in [9.17, 15) is 14.7 Å². The summed E-state index contributed by atoms with van der Waals surface area (Å²) >= 11 is 0. The van der Waals surface area contributed by atoms with Gasteiger partial charge in [-0.25, -0.2) is 9.97 Å². The molecule has 7 heteroatoms. The Morgan fingerprint density at radius 2 is 2.00 bits per heavy atom. The molecule has 120 valence electrons. The summed E-state index contributed by atoms with van der Waals surface area (Å²) < 4.78 is 1.56. The second-order valence-corrected chi connectivity index (χ2v) is 5.62. The van der Waals surface area contributed by atoms with Gasteiger partial charge in [0.2, 0.25) is 5.95 Å². The maximum atomic E-state index is 12.8. The number of aryl methyl sites for hydroxylation is 2. The standard InChI is InChI=1S/C17H14N4O3/c22-14-11-6-1-4-10-5-2-9-21(13(10)11)16(24)12(14)15(23)20-17-18-7-3-8-19-17/h1,3-4,6-8,22H,2,5,9H2,(H,18,19,20,23). The van der Waals surface area contributed by atoms with Gasteiger partial charge in [0, 0.05) is 24.3 Å². The van der Waals surface area contributed by atoms with Crippen LogP contribution in [0.5, 0.6) is 5.75 Å². The number of nitrogens with one attached hydrogen (secondary N) is 1. The molecule has 1 aromatic carbocycles. The van der Waals surface area contributed by atoms with Crippen LogP contribution in [0.15, 0.2) is 41.5 Å². The lowest BCUT2D eigenvalue weighted by Crippen LogP contribution is -2.32. The molecule has 0 bridgehead atoms. The van der Waals surface area contributed by atoms with Gasteiger partial charge < -0.3 is 9.67 Å². The van der Waals surface area contributed by atoms with E-state index in [0.29, 0.717) is 17.4 Å². The fourth-order valence-corrected chi connectivity index (χ4v) is 3.15. The number of hydrogen-bond donors (Lipinski definition) is 2. The molecule has 0 spiro atoms. The number of carbonyl (C=O) groups is 1. The van der Waals surface area contributed by atoms with E-state index >= 15 is 0 Å². The quantitative estimate of drug-likeness (QED) is 0.748. The number of rotatable bonds is 2. The average molecular weight is 322 g/mol. The van der Waals surface area contributed by atoms with E-state index in [2.05, 4.69) is 15.3 Å². The first kappa shape index (κ1) is 14.4. The Balaban J connectivity index is 1.91. The third-order valence-corrected chi connectivity index (χ3v) is 4.19. The predicted octanol–water partition coefficient (Wildman–Crippen LogP) is 1.70. The van der Waals surface area contributed by atoms with Gasteiger partial charge in [-0.3, -0.25) is 14.9 Å². The summed E-state index contributed by atoms with van der Waals surface area (Å²) in [5.41, 5.74) is 0.929. The summed E-state index contributed by atoms with van der Waals surface area (Å²) in [6, 6.07) is 7.09. The van der Waals surface area contributed by atoms with Gasteiger partial charge in [-0.2, -0.15) is 0 Å². The molecule has 0 atom stereocenters. The molecule has 3 heterocycles. The Hall–Kier alpha value is -3.22. The van der Waals surface area contributed by atoms with Gasteiger partial charge in [0.15, 0.2) is 0 Å². The topological polar surface area (TPSA) is 97.1 Å². The highest BCUT2D eigenvalue weighted by molar-refractivity contribution is 6.08. The Bertz CT molecular complexity index is 1010. The monoisotopic (exact) mass is 322 g/mol. The number of para-hydroxylation sites is 1. The molecule has 0 saturated carbocycles. The van der Waals surface area contributed by atoms with Crippen molar-refractivity contribution in [2.45, 2.75) is 19.4 Å². The van der Waals surface area contributed by atoms with E-state index in [1.165, 1.54) is 12.4 Å². The third kappa shape index (κ3) is 2.13. The summed E-state index contributed by atoms with van der Waals surface area (Å²) in [7, 11) is 0. The number of anilines is 1. The molecule has 4 rings (SSSR count). The minimum Gasteiger partial charge on any atom is -0.506 e. The molecule has 2 aromatic heterocycles. The molecule has 0 saturated heterocycles. The Kier molecular flexibility index (Phi) is 3.26. The number of pyridine rings is 1. The van der Waals surface area contributed by atoms with Crippen molar-refractivity contribution in [3.8, 4) is 5.75 Å². The lowest BCUT2D eigenvalue weighted by molar-refractivity contribution is 0.102. The fraction of sp³-hybridized carbons (Fsp3) is 0.176. The van der Waals surface area contributed by atoms with Crippen molar-refractivity contribution in [2.24, 2.45) is 0 Å². The third-order valence-electron chi connectivity index (χ3n) is 4.19. The van der Waals surface area contributed by atoms with Crippen molar-refractivity contribution >= 4 is 22.8 Å². The first-order valence-electron chi connectivity index (χ1n) is 7.62. The second kappa shape index (κ2) is 5.45. The van der Waals surface area contributed by atoms with Gasteiger partial charge >= 0.3 is 0 Å². The molecule has 0 unspecified atom stereocenters. The van der Waals surface area contributed by atoms with Crippen molar-refractivity contribution in [1.29, 1.82) is 0 Å². The number of aromatic hydroxyl groups is 1. The number of aromatic nitrogens is 3. The number of nitrogens with zero attached hydrogens (tertiary/aromatic N) is 3. The van der Waals surface area contributed by atoms with E-state index in [4.69, 9.17) is 0 Å². The van der Waals surface area contributed by atoms with Gasteiger partial charge in [-0.05, 0) is 30.5 Å². The molecule has 0 radical (unpaired) electrons. The van der Waals surface area contributed by atoms with E-state index in [0.717, 1.165) is 18.4 Å². The maximum absolute atomic E-state index is 12.8. The molecular formula is C17H14N4O3.